The maximum Gasteiger partial charge on any atom is 0.268 e. The second kappa shape index (κ2) is 5.96. The Balaban J connectivity index is 1.45. The van der Waals surface area contributed by atoms with E-state index in [2.05, 4.69) is 25.6 Å². The Hall–Kier alpha value is -3.48. The fraction of sp³-hybridized carbons (Fsp3) is 0.0588. The quantitative estimate of drug-likeness (QED) is 0.603. The van der Waals surface area contributed by atoms with Crippen LogP contribution in [0, 0.1) is 0 Å². The van der Waals surface area contributed by atoms with Crippen molar-refractivity contribution in [2.24, 2.45) is 0 Å². The second-order valence-corrected chi connectivity index (χ2v) is 5.31. The zero-order chi connectivity index (χ0) is 16.4. The van der Waals surface area contributed by atoms with Crippen LogP contribution in [0.1, 0.15) is 16.2 Å². The summed E-state index contributed by atoms with van der Waals surface area (Å²) < 4.78 is 1.64. The lowest BCUT2D eigenvalue weighted by Gasteiger charge is -2.00. The summed E-state index contributed by atoms with van der Waals surface area (Å²) in [7, 11) is 0. The van der Waals surface area contributed by atoms with Crippen molar-refractivity contribution in [2.75, 3.05) is 0 Å². The molecule has 7 heteroatoms. The van der Waals surface area contributed by atoms with Crippen LogP contribution in [0.15, 0.2) is 61.1 Å². The molecule has 0 bridgehead atoms. The number of hydrogen-bond acceptors (Lipinski definition) is 4. The molecule has 24 heavy (non-hydrogen) atoms. The van der Waals surface area contributed by atoms with Crippen molar-refractivity contribution < 1.29 is 4.79 Å². The van der Waals surface area contributed by atoms with Crippen LogP contribution in [-0.4, -0.2) is 30.9 Å². The third kappa shape index (κ3) is 2.74. The van der Waals surface area contributed by atoms with Crippen molar-refractivity contribution >= 4 is 16.8 Å². The number of carbonyl (C=O) groups is 1. The summed E-state index contributed by atoms with van der Waals surface area (Å²) in [5.41, 5.74) is 3.01. The van der Waals surface area contributed by atoms with Crippen LogP contribution in [0.3, 0.4) is 0 Å². The number of rotatable bonds is 4. The van der Waals surface area contributed by atoms with E-state index in [9.17, 15) is 4.79 Å². The van der Waals surface area contributed by atoms with Gasteiger partial charge in [0.25, 0.3) is 5.91 Å². The van der Waals surface area contributed by atoms with Gasteiger partial charge in [-0.05, 0) is 24.3 Å². The number of amides is 1. The van der Waals surface area contributed by atoms with E-state index in [-0.39, 0.29) is 5.91 Å². The van der Waals surface area contributed by atoms with Gasteiger partial charge in [0.1, 0.15) is 11.4 Å². The SMILES string of the molecule is O=C(NCc1cn(-c2ccncc2)nn1)c1cc2ccccc2[nH]1. The van der Waals surface area contributed by atoms with E-state index in [0.29, 0.717) is 17.9 Å². The van der Waals surface area contributed by atoms with Crippen LogP contribution >= 0.6 is 0 Å². The molecule has 0 saturated heterocycles. The molecule has 0 unspecified atom stereocenters. The molecule has 0 aliphatic heterocycles. The number of nitrogens with zero attached hydrogens (tertiary/aromatic N) is 4. The minimum Gasteiger partial charge on any atom is -0.351 e. The number of H-pyrrole nitrogens is 1. The number of para-hydroxylation sites is 1. The molecule has 7 nitrogen and oxygen atoms in total. The maximum atomic E-state index is 12.3. The monoisotopic (exact) mass is 318 g/mol. The van der Waals surface area contributed by atoms with E-state index in [1.165, 1.54) is 0 Å². The summed E-state index contributed by atoms with van der Waals surface area (Å²) in [5.74, 6) is -0.176. The molecule has 4 aromatic rings. The smallest absolute Gasteiger partial charge is 0.268 e. The molecule has 4 rings (SSSR count). The number of benzene rings is 1. The molecule has 3 aromatic heterocycles. The first-order valence-corrected chi connectivity index (χ1v) is 7.47. The normalized spacial score (nSPS) is 10.8. The van der Waals surface area contributed by atoms with Crippen molar-refractivity contribution in [3.63, 3.8) is 0 Å². The summed E-state index contributed by atoms with van der Waals surface area (Å²) in [5, 5.41) is 12.0. The summed E-state index contributed by atoms with van der Waals surface area (Å²) in [4.78, 5) is 19.3. The molecule has 0 fully saturated rings. The molecule has 1 aromatic carbocycles. The number of hydrogen-bond donors (Lipinski definition) is 2. The number of carbonyl (C=O) groups excluding carboxylic acids is 1. The molecule has 0 atom stereocenters. The zero-order valence-electron chi connectivity index (χ0n) is 12.7. The van der Waals surface area contributed by atoms with Crippen molar-refractivity contribution in [1.29, 1.82) is 0 Å². The molecule has 118 valence electrons. The summed E-state index contributed by atoms with van der Waals surface area (Å²) in [6.07, 6.45) is 5.16. The van der Waals surface area contributed by atoms with Gasteiger partial charge in [-0.2, -0.15) is 0 Å². The van der Waals surface area contributed by atoms with Gasteiger partial charge in [0.2, 0.25) is 0 Å². The highest BCUT2D eigenvalue weighted by atomic mass is 16.1. The molecule has 0 aliphatic rings. The standard InChI is InChI=1S/C17H14N6O/c24-17(16-9-12-3-1-2-4-15(12)20-16)19-10-13-11-23(22-21-13)14-5-7-18-8-6-14/h1-9,11,20H,10H2,(H,19,24). The summed E-state index contributed by atoms with van der Waals surface area (Å²) in [6, 6.07) is 13.3. The zero-order valence-corrected chi connectivity index (χ0v) is 12.7. The number of nitrogens with one attached hydrogen (secondary N) is 2. The van der Waals surface area contributed by atoms with Gasteiger partial charge >= 0.3 is 0 Å². The third-order valence-electron chi connectivity index (χ3n) is 3.67. The number of fused-ring (bicyclic) bond motifs is 1. The predicted octanol–water partition coefficient (Wildman–Crippen LogP) is 2.07. The molecule has 2 N–H and O–H groups in total. The molecule has 0 saturated carbocycles. The fourth-order valence-electron chi connectivity index (χ4n) is 2.46. The van der Waals surface area contributed by atoms with Gasteiger partial charge in [0.15, 0.2) is 0 Å². The number of pyridine rings is 1. The first-order chi connectivity index (χ1) is 11.8. The molecule has 1 amide bonds. The highest BCUT2D eigenvalue weighted by Gasteiger charge is 2.10. The number of aromatic amines is 1. The third-order valence-corrected chi connectivity index (χ3v) is 3.67. The van der Waals surface area contributed by atoms with Crippen molar-refractivity contribution in [2.45, 2.75) is 6.54 Å². The van der Waals surface area contributed by atoms with E-state index >= 15 is 0 Å². The maximum absolute atomic E-state index is 12.3. The first kappa shape index (κ1) is 14.1. The van der Waals surface area contributed by atoms with Gasteiger partial charge in [-0.1, -0.05) is 23.4 Å². The Morgan fingerprint density at radius 3 is 2.83 bits per heavy atom. The lowest BCUT2D eigenvalue weighted by molar-refractivity contribution is 0.0946. The fourth-order valence-corrected chi connectivity index (χ4v) is 2.46. The van der Waals surface area contributed by atoms with Gasteiger partial charge in [-0.3, -0.25) is 9.78 Å². The lowest BCUT2D eigenvalue weighted by atomic mass is 10.2. The Morgan fingerprint density at radius 1 is 1.17 bits per heavy atom. The van der Waals surface area contributed by atoms with Gasteiger partial charge in [0, 0.05) is 23.3 Å². The first-order valence-electron chi connectivity index (χ1n) is 7.47. The summed E-state index contributed by atoms with van der Waals surface area (Å²) >= 11 is 0. The minimum atomic E-state index is -0.176. The van der Waals surface area contributed by atoms with E-state index in [0.717, 1.165) is 16.6 Å². The molecule has 0 spiro atoms. The van der Waals surface area contributed by atoms with Crippen LogP contribution in [-0.2, 0) is 6.54 Å². The van der Waals surface area contributed by atoms with Crippen LogP contribution in [0.5, 0.6) is 0 Å². The average Bonchev–Trinajstić information content (AvgIpc) is 3.27. The van der Waals surface area contributed by atoms with Gasteiger partial charge in [-0.15, -0.1) is 5.10 Å². The van der Waals surface area contributed by atoms with E-state index in [1.54, 1.807) is 23.3 Å². The molecular weight excluding hydrogens is 304 g/mol. The largest absolute Gasteiger partial charge is 0.351 e. The van der Waals surface area contributed by atoms with Crippen molar-refractivity contribution in [3.05, 3.63) is 72.4 Å². The Kier molecular flexibility index (Phi) is 3.51. The van der Waals surface area contributed by atoms with Gasteiger partial charge in [0.05, 0.1) is 18.4 Å². The van der Waals surface area contributed by atoms with E-state index < -0.39 is 0 Å². The van der Waals surface area contributed by atoms with Crippen LogP contribution < -0.4 is 5.32 Å². The van der Waals surface area contributed by atoms with E-state index in [1.807, 2.05) is 42.5 Å². The molecule has 0 aliphatic carbocycles. The van der Waals surface area contributed by atoms with Crippen molar-refractivity contribution in [3.8, 4) is 5.69 Å². The lowest BCUT2D eigenvalue weighted by Crippen LogP contribution is -2.23. The molecule has 3 heterocycles. The molecular formula is C17H14N6O. The van der Waals surface area contributed by atoms with Crippen LogP contribution in [0.25, 0.3) is 16.6 Å². The minimum absolute atomic E-state index is 0.176. The highest BCUT2D eigenvalue weighted by Crippen LogP contribution is 2.14. The van der Waals surface area contributed by atoms with E-state index in [4.69, 9.17) is 0 Å². The van der Waals surface area contributed by atoms with Crippen molar-refractivity contribution in [1.82, 2.24) is 30.3 Å². The van der Waals surface area contributed by atoms with Crippen LogP contribution in [0.4, 0.5) is 0 Å². The Labute approximate surface area is 137 Å². The Morgan fingerprint density at radius 2 is 2.00 bits per heavy atom. The second-order valence-electron chi connectivity index (χ2n) is 5.31. The topological polar surface area (TPSA) is 88.5 Å². The number of aromatic nitrogens is 5. The highest BCUT2D eigenvalue weighted by molar-refractivity contribution is 5.97. The summed E-state index contributed by atoms with van der Waals surface area (Å²) in [6.45, 7) is 0.305. The Bertz CT molecular complexity index is 955. The van der Waals surface area contributed by atoms with Crippen LogP contribution in [0.2, 0.25) is 0 Å². The average molecular weight is 318 g/mol. The van der Waals surface area contributed by atoms with Gasteiger partial charge < -0.3 is 10.3 Å². The van der Waals surface area contributed by atoms with Gasteiger partial charge in [-0.25, -0.2) is 4.68 Å². The predicted molar refractivity (Wildman–Crippen MR) is 88.6 cm³/mol. The molecule has 0 radical (unpaired) electrons.